The zero-order chi connectivity index (χ0) is 17.8. The van der Waals surface area contributed by atoms with Crippen LogP contribution in [0.2, 0.25) is 0 Å². The molecule has 0 aliphatic heterocycles. The molecular weight excluding hydrogens is 343 g/mol. The summed E-state index contributed by atoms with van der Waals surface area (Å²) in [4.78, 5) is -0.134. The number of hydrogen-bond donors (Lipinski definition) is 0. The van der Waals surface area contributed by atoms with Gasteiger partial charge in [-0.1, -0.05) is 90.2 Å². The molecule has 0 aliphatic carbocycles. The Morgan fingerprint density at radius 3 is 1.92 bits per heavy atom. The van der Waals surface area contributed by atoms with Gasteiger partial charge in [0.05, 0.1) is 4.90 Å². The summed E-state index contributed by atoms with van der Waals surface area (Å²) in [6, 6.07) is 6.46. The summed E-state index contributed by atoms with van der Waals surface area (Å²) in [6.45, 7) is 4.46. The van der Waals surface area contributed by atoms with E-state index in [0.29, 0.717) is 5.92 Å². The smallest absolute Gasteiger partial charge is 0.744 e. The molecule has 1 rings (SSSR count). The van der Waals surface area contributed by atoms with E-state index >= 15 is 0 Å². The Morgan fingerprint density at radius 2 is 1.40 bits per heavy atom. The maximum absolute atomic E-state index is 11.0. The summed E-state index contributed by atoms with van der Waals surface area (Å²) in [5.74, 6) is 0.653. The zero-order valence-electron chi connectivity index (χ0n) is 16.3. The predicted molar refractivity (Wildman–Crippen MR) is 99.1 cm³/mol. The third-order valence-corrected chi connectivity index (χ3v) is 5.50. The van der Waals surface area contributed by atoms with E-state index in [0.717, 1.165) is 12.0 Å². The molecule has 0 amide bonds. The van der Waals surface area contributed by atoms with E-state index in [-0.39, 0.29) is 34.5 Å². The molecule has 0 N–H and O–H groups in total. The molecule has 25 heavy (non-hydrogen) atoms. The molecule has 0 saturated heterocycles. The van der Waals surface area contributed by atoms with E-state index in [1.807, 2.05) is 0 Å². The Hall–Kier alpha value is 0.130. The summed E-state index contributed by atoms with van der Waals surface area (Å²) in [5.41, 5.74) is 1.13. The molecule has 0 aromatic heterocycles. The largest absolute Gasteiger partial charge is 1.00 e. The summed E-state index contributed by atoms with van der Waals surface area (Å²) in [5, 5.41) is 0. The van der Waals surface area contributed by atoms with Crippen LogP contribution in [0, 0.1) is 5.92 Å². The van der Waals surface area contributed by atoms with Crippen LogP contribution in [0.1, 0.15) is 83.6 Å². The molecule has 138 valence electrons. The van der Waals surface area contributed by atoms with Crippen LogP contribution in [0.5, 0.6) is 0 Å². The molecule has 1 aromatic carbocycles. The minimum Gasteiger partial charge on any atom is -0.744 e. The van der Waals surface area contributed by atoms with Crippen LogP contribution in [0.3, 0.4) is 0 Å². The maximum Gasteiger partial charge on any atom is 1.00 e. The number of unbranched alkanes of at least 4 members (excludes halogenated alkanes) is 6. The number of benzene rings is 1. The van der Waals surface area contributed by atoms with Crippen molar-refractivity contribution in [2.45, 2.75) is 89.4 Å². The van der Waals surface area contributed by atoms with Crippen molar-refractivity contribution in [2.24, 2.45) is 5.92 Å². The van der Waals surface area contributed by atoms with Gasteiger partial charge in [-0.15, -0.1) is 0 Å². The Bertz CT molecular complexity index is 541. The van der Waals surface area contributed by atoms with Crippen molar-refractivity contribution in [3.8, 4) is 0 Å². The van der Waals surface area contributed by atoms with Crippen molar-refractivity contribution in [1.82, 2.24) is 0 Å². The fraction of sp³-hybridized carbons (Fsp3) is 0.700. The average molecular weight is 377 g/mol. The average Bonchev–Trinajstić information content (AvgIpc) is 2.54. The van der Waals surface area contributed by atoms with Gasteiger partial charge in [-0.25, -0.2) is 8.42 Å². The first-order valence-electron chi connectivity index (χ1n) is 9.52. The Labute approximate surface area is 177 Å². The van der Waals surface area contributed by atoms with E-state index in [4.69, 9.17) is 0 Å². The van der Waals surface area contributed by atoms with Gasteiger partial charge >= 0.3 is 29.6 Å². The molecule has 0 fully saturated rings. The summed E-state index contributed by atoms with van der Waals surface area (Å²) in [6.07, 6.45) is 13.9. The topological polar surface area (TPSA) is 57.2 Å². The molecule has 0 bridgehead atoms. The first-order valence-corrected chi connectivity index (χ1v) is 10.9. The molecule has 3 nitrogen and oxygen atoms in total. The van der Waals surface area contributed by atoms with E-state index in [9.17, 15) is 13.0 Å². The minimum absolute atomic E-state index is 0. The fourth-order valence-electron chi connectivity index (χ4n) is 3.27. The molecule has 1 atom stereocenters. The monoisotopic (exact) mass is 376 g/mol. The van der Waals surface area contributed by atoms with Crippen molar-refractivity contribution in [3.63, 3.8) is 0 Å². The van der Waals surface area contributed by atoms with Crippen molar-refractivity contribution >= 4 is 10.1 Å². The Morgan fingerprint density at radius 1 is 0.840 bits per heavy atom. The molecule has 5 heteroatoms. The normalized spacial score (nSPS) is 12.6. The summed E-state index contributed by atoms with van der Waals surface area (Å²) in [7, 11) is -4.34. The standard InChI is InChI=1S/C20H34O3S.Na/c1-3-5-6-7-8-9-10-12-18(11-4-2)17-19-13-15-20(16-14-19)24(21,22)23;/h13-16,18H,3-12,17H2,1-2H3,(H,21,22,23);/q;+1/p-1. The second-order valence-corrected chi connectivity index (χ2v) is 8.25. The molecule has 0 radical (unpaired) electrons. The molecule has 0 saturated carbocycles. The van der Waals surface area contributed by atoms with Gasteiger partial charge < -0.3 is 4.55 Å². The van der Waals surface area contributed by atoms with Crippen molar-refractivity contribution in [3.05, 3.63) is 29.8 Å². The summed E-state index contributed by atoms with van der Waals surface area (Å²) < 4.78 is 32.9. The van der Waals surface area contributed by atoms with Crippen LogP contribution in [0.15, 0.2) is 29.2 Å². The Kier molecular flexibility index (Phi) is 14.3. The molecule has 0 aliphatic rings. The van der Waals surface area contributed by atoms with Gasteiger partial charge in [0.25, 0.3) is 0 Å². The molecule has 0 spiro atoms. The predicted octanol–water partition coefficient (Wildman–Crippen LogP) is 2.69. The first-order chi connectivity index (χ1) is 11.5. The van der Waals surface area contributed by atoms with Crippen molar-refractivity contribution in [1.29, 1.82) is 0 Å². The van der Waals surface area contributed by atoms with Crippen LogP contribution in [-0.2, 0) is 16.5 Å². The van der Waals surface area contributed by atoms with Crippen LogP contribution >= 0.6 is 0 Å². The van der Waals surface area contributed by atoms with E-state index in [2.05, 4.69) is 13.8 Å². The van der Waals surface area contributed by atoms with Crippen molar-refractivity contribution < 1.29 is 42.5 Å². The minimum atomic E-state index is -4.34. The van der Waals surface area contributed by atoms with Crippen LogP contribution in [-0.4, -0.2) is 13.0 Å². The zero-order valence-corrected chi connectivity index (χ0v) is 19.1. The molecule has 0 heterocycles. The molecule has 1 aromatic rings. The van der Waals surface area contributed by atoms with E-state index < -0.39 is 10.1 Å². The van der Waals surface area contributed by atoms with Gasteiger partial charge in [-0.2, -0.15) is 0 Å². The van der Waals surface area contributed by atoms with Gasteiger partial charge in [0.2, 0.25) is 0 Å². The second-order valence-electron chi connectivity index (χ2n) is 6.87. The van der Waals surface area contributed by atoms with E-state index in [1.165, 1.54) is 76.3 Å². The van der Waals surface area contributed by atoms with Gasteiger partial charge in [0.1, 0.15) is 10.1 Å². The molecule has 1 unspecified atom stereocenters. The SMILES string of the molecule is CCCCCCCCCC(CCC)Cc1ccc(S(=O)(=O)[O-])cc1.[Na+]. The van der Waals surface area contributed by atoms with Gasteiger partial charge in [0.15, 0.2) is 0 Å². The number of rotatable bonds is 13. The fourth-order valence-corrected chi connectivity index (χ4v) is 3.74. The van der Waals surface area contributed by atoms with Crippen LogP contribution in [0.4, 0.5) is 0 Å². The van der Waals surface area contributed by atoms with Gasteiger partial charge in [-0.05, 0) is 30.0 Å². The first kappa shape index (κ1) is 25.1. The summed E-state index contributed by atoms with van der Waals surface area (Å²) >= 11 is 0. The molecular formula is C20H33NaO3S. The van der Waals surface area contributed by atoms with Crippen LogP contribution in [0.25, 0.3) is 0 Å². The van der Waals surface area contributed by atoms with Gasteiger partial charge in [-0.3, -0.25) is 0 Å². The maximum atomic E-state index is 11.0. The number of hydrogen-bond acceptors (Lipinski definition) is 3. The van der Waals surface area contributed by atoms with Gasteiger partial charge in [0, 0.05) is 0 Å². The Balaban J connectivity index is 0.00000576. The van der Waals surface area contributed by atoms with Crippen molar-refractivity contribution in [2.75, 3.05) is 0 Å². The third-order valence-electron chi connectivity index (χ3n) is 4.65. The van der Waals surface area contributed by atoms with Crippen LogP contribution < -0.4 is 29.6 Å². The second kappa shape index (κ2) is 14.2. The quantitative estimate of drug-likeness (QED) is 0.302. The third kappa shape index (κ3) is 11.4. The van der Waals surface area contributed by atoms with E-state index in [1.54, 1.807) is 12.1 Å².